The van der Waals surface area contributed by atoms with Crippen LogP contribution in [0.5, 0.6) is 0 Å². The van der Waals surface area contributed by atoms with Crippen LogP contribution in [0.25, 0.3) is 0 Å². The Hall–Kier alpha value is -1.68. The number of amides is 2. The van der Waals surface area contributed by atoms with Gasteiger partial charge in [-0.15, -0.1) is 0 Å². The monoisotopic (exact) mass is 274 g/mol. The fourth-order valence-corrected chi connectivity index (χ4v) is 2.70. The molecule has 1 aromatic rings. The number of hydrogen-bond donors (Lipinski definition) is 1. The Kier molecular flexibility index (Phi) is 3.95. The molecule has 1 heterocycles. The van der Waals surface area contributed by atoms with E-state index in [9.17, 15) is 9.59 Å². The van der Waals surface area contributed by atoms with Crippen molar-refractivity contribution in [3.05, 3.63) is 35.4 Å². The smallest absolute Gasteiger partial charge is 0.230 e. The quantitative estimate of drug-likeness (QED) is 0.861. The van der Waals surface area contributed by atoms with Crippen LogP contribution in [-0.4, -0.2) is 16.7 Å². The Balaban J connectivity index is 2.21. The molecule has 0 bridgehead atoms. The number of nitrogens with zero attached hydrogens (tertiary/aromatic N) is 1. The molecule has 20 heavy (non-hydrogen) atoms. The Bertz CT molecular complexity index is 500. The zero-order valence-electron chi connectivity index (χ0n) is 12.3. The molecule has 1 fully saturated rings. The molecule has 4 nitrogen and oxygen atoms in total. The van der Waals surface area contributed by atoms with E-state index in [4.69, 9.17) is 5.73 Å². The van der Waals surface area contributed by atoms with Crippen LogP contribution in [0.4, 0.5) is 0 Å². The fraction of sp³-hybridized carbons (Fsp3) is 0.500. The van der Waals surface area contributed by atoms with E-state index in [1.165, 1.54) is 4.90 Å². The van der Waals surface area contributed by atoms with Gasteiger partial charge in [-0.1, -0.05) is 38.1 Å². The zero-order chi connectivity index (χ0) is 14.9. The number of carbonyl (C=O) groups excluding carboxylic acids is 2. The first-order valence-corrected chi connectivity index (χ1v) is 6.98. The van der Waals surface area contributed by atoms with E-state index in [0.29, 0.717) is 19.4 Å². The molecule has 1 aromatic carbocycles. The highest BCUT2D eigenvalue weighted by Gasteiger charge is 2.39. The van der Waals surface area contributed by atoms with Gasteiger partial charge in [-0.2, -0.15) is 0 Å². The van der Waals surface area contributed by atoms with Gasteiger partial charge in [0.05, 0.1) is 6.04 Å². The highest BCUT2D eigenvalue weighted by molar-refractivity contribution is 5.98. The fourth-order valence-electron chi connectivity index (χ4n) is 2.70. The van der Waals surface area contributed by atoms with Crippen LogP contribution in [0.2, 0.25) is 0 Å². The predicted octanol–water partition coefficient (Wildman–Crippen LogP) is 2.38. The largest absolute Gasteiger partial charge is 0.326 e. The van der Waals surface area contributed by atoms with Crippen LogP contribution in [0.15, 0.2) is 24.3 Å². The molecular weight excluding hydrogens is 252 g/mol. The normalized spacial score (nSPS) is 20.1. The lowest BCUT2D eigenvalue weighted by Gasteiger charge is -2.38. The molecule has 0 aliphatic carbocycles. The molecule has 1 atom stereocenters. The summed E-state index contributed by atoms with van der Waals surface area (Å²) >= 11 is 0. The van der Waals surface area contributed by atoms with Crippen molar-refractivity contribution in [3.8, 4) is 0 Å². The van der Waals surface area contributed by atoms with Gasteiger partial charge in [-0.3, -0.25) is 14.5 Å². The number of imide groups is 1. The minimum absolute atomic E-state index is 0.0818. The highest BCUT2D eigenvalue weighted by atomic mass is 16.2. The molecule has 2 N–H and O–H groups in total. The van der Waals surface area contributed by atoms with Gasteiger partial charge in [0.2, 0.25) is 11.8 Å². The number of benzene rings is 1. The second kappa shape index (κ2) is 5.37. The summed E-state index contributed by atoms with van der Waals surface area (Å²) in [6.45, 7) is 6.30. The maximum Gasteiger partial charge on any atom is 0.230 e. The van der Waals surface area contributed by atoms with Crippen LogP contribution >= 0.6 is 0 Å². The average molecular weight is 274 g/mol. The van der Waals surface area contributed by atoms with Gasteiger partial charge in [0, 0.05) is 19.4 Å². The molecule has 1 saturated heterocycles. The number of hydrogen-bond acceptors (Lipinski definition) is 3. The van der Waals surface area contributed by atoms with E-state index in [1.54, 1.807) is 0 Å². The predicted molar refractivity (Wildman–Crippen MR) is 77.6 cm³/mol. The molecule has 0 spiro atoms. The van der Waals surface area contributed by atoms with Gasteiger partial charge < -0.3 is 5.73 Å². The Morgan fingerprint density at radius 2 is 1.65 bits per heavy atom. The molecule has 1 unspecified atom stereocenters. The summed E-state index contributed by atoms with van der Waals surface area (Å²) in [4.78, 5) is 25.9. The number of nitrogens with two attached hydrogens (primary N) is 1. The molecule has 108 valence electrons. The van der Waals surface area contributed by atoms with Gasteiger partial charge in [-0.25, -0.2) is 0 Å². The first-order valence-electron chi connectivity index (χ1n) is 6.98. The highest BCUT2D eigenvalue weighted by Crippen LogP contribution is 2.35. The van der Waals surface area contributed by atoms with E-state index >= 15 is 0 Å². The van der Waals surface area contributed by atoms with Crippen LogP contribution in [0, 0.1) is 5.41 Å². The van der Waals surface area contributed by atoms with Crippen LogP contribution in [0.1, 0.15) is 50.8 Å². The molecular formula is C16H22N2O2. The lowest BCUT2D eigenvalue weighted by molar-refractivity contribution is -0.155. The standard InChI is InChI=1S/C16H22N2O2/c1-11(13-6-4-12(10-17)5-7-13)18-14(19)8-16(2,3)9-15(18)20/h4-7,11H,8-10,17H2,1-3H3. The molecule has 0 saturated carbocycles. The SMILES string of the molecule is CC(c1ccc(CN)cc1)N1C(=O)CC(C)(C)CC1=O. The van der Waals surface area contributed by atoms with Crippen molar-refractivity contribution in [1.82, 2.24) is 4.90 Å². The van der Waals surface area contributed by atoms with Crippen molar-refractivity contribution in [2.24, 2.45) is 11.1 Å². The first-order chi connectivity index (χ1) is 9.34. The van der Waals surface area contributed by atoms with Crippen LogP contribution < -0.4 is 5.73 Å². The zero-order valence-corrected chi connectivity index (χ0v) is 12.3. The summed E-state index contributed by atoms with van der Waals surface area (Å²) in [5.74, 6) is -0.164. The summed E-state index contributed by atoms with van der Waals surface area (Å²) in [6, 6.07) is 7.53. The maximum absolute atomic E-state index is 12.2. The second-order valence-electron chi connectivity index (χ2n) is 6.30. The molecule has 0 aromatic heterocycles. The van der Waals surface area contributed by atoms with Crippen molar-refractivity contribution >= 4 is 11.8 Å². The number of likely N-dealkylation sites (tertiary alicyclic amines) is 1. The van der Waals surface area contributed by atoms with Crippen molar-refractivity contribution in [2.75, 3.05) is 0 Å². The maximum atomic E-state index is 12.2. The molecule has 2 amide bonds. The number of rotatable bonds is 3. The summed E-state index contributed by atoms with van der Waals surface area (Å²) in [5, 5.41) is 0. The number of carbonyl (C=O) groups is 2. The summed E-state index contributed by atoms with van der Waals surface area (Å²) in [7, 11) is 0. The van der Waals surface area contributed by atoms with Crippen molar-refractivity contribution in [2.45, 2.75) is 46.2 Å². The van der Waals surface area contributed by atoms with E-state index in [2.05, 4.69) is 0 Å². The Morgan fingerprint density at radius 3 is 2.10 bits per heavy atom. The first kappa shape index (κ1) is 14.7. The van der Waals surface area contributed by atoms with Gasteiger partial charge in [-0.05, 0) is 23.5 Å². The summed E-state index contributed by atoms with van der Waals surface area (Å²) < 4.78 is 0. The molecule has 1 aliphatic rings. The van der Waals surface area contributed by atoms with E-state index in [0.717, 1.165) is 11.1 Å². The number of piperidine rings is 1. The van der Waals surface area contributed by atoms with Gasteiger partial charge in [0.15, 0.2) is 0 Å². The molecule has 0 radical (unpaired) electrons. The van der Waals surface area contributed by atoms with Crippen molar-refractivity contribution < 1.29 is 9.59 Å². The average Bonchev–Trinajstić information content (AvgIpc) is 2.36. The summed E-state index contributed by atoms with van der Waals surface area (Å²) in [6.07, 6.45) is 0.841. The van der Waals surface area contributed by atoms with Gasteiger partial charge in [0.1, 0.15) is 0 Å². The van der Waals surface area contributed by atoms with Crippen LogP contribution in [-0.2, 0) is 16.1 Å². The van der Waals surface area contributed by atoms with Gasteiger partial charge >= 0.3 is 0 Å². The minimum Gasteiger partial charge on any atom is -0.326 e. The Labute approximate surface area is 119 Å². The third-order valence-electron chi connectivity index (χ3n) is 3.88. The Morgan fingerprint density at radius 1 is 1.15 bits per heavy atom. The minimum atomic E-state index is -0.228. The summed E-state index contributed by atoms with van der Waals surface area (Å²) in [5.41, 5.74) is 7.35. The molecule has 1 aliphatic heterocycles. The molecule has 4 heteroatoms. The van der Waals surface area contributed by atoms with Crippen molar-refractivity contribution in [3.63, 3.8) is 0 Å². The van der Waals surface area contributed by atoms with E-state index < -0.39 is 0 Å². The van der Waals surface area contributed by atoms with Crippen molar-refractivity contribution in [1.29, 1.82) is 0 Å². The van der Waals surface area contributed by atoms with E-state index in [1.807, 2.05) is 45.0 Å². The lowest BCUT2D eigenvalue weighted by Crippen LogP contribution is -2.47. The van der Waals surface area contributed by atoms with Gasteiger partial charge in [0.25, 0.3) is 0 Å². The topological polar surface area (TPSA) is 63.4 Å². The lowest BCUT2D eigenvalue weighted by atomic mass is 9.81. The van der Waals surface area contributed by atoms with E-state index in [-0.39, 0.29) is 23.3 Å². The molecule has 2 rings (SSSR count). The third kappa shape index (κ3) is 2.90. The van der Waals surface area contributed by atoms with Crippen LogP contribution in [0.3, 0.4) is 0 Å². The second-order valence-corrected chi connectivity index (χ2v) is 6.30. The third-order valence-corrected chi connectivity index (χ3v) is 3.88.